The number of carbonyl (C=O) groups excluding carboxylic acids is 1. The van der Waals surface area contributed by atoms with E-state index in [-0.39, 0.29) is 12.6 Å². The summed E-state index contributed by atoms with van der Waals surface area (Å²) in [4.78, 5) is 16.4. The molecular formula is C17H14N2O3. The zero-order valence-electron chi connectivity index (χ0n) is 12.1. The van der Waals surface area contributed by atoms with Gasteiger partial charge in [0.05, 0.1) is 5.56 Å². The molecule has 0 amide bonds. The number of benzene rings is 2. The van der Waals surface area contributed by atoms with Crippen LogP contribution in [-0.4, -0.2) is 16.1 Å². The molecule has 1 aliphatic carbocycles. The summed E-state index contributed by atoms with van der Waals surface area (Å²) in [6.07, 6.45) is 2.07. The Kier molecular flexibility index (Phi) is 2.92. The SMILES string of the molecule is Cc1noc(COC(=O)c2ccc3c4c(cccc24)CC3)n1. The highest BCUT2D eigenvalue weighted by atomic mass is 16.6. The molecule has 0 radical (unpaired) electrons. The average molecular weight is 294 g/mol. The molecule has 0 atom stereocenters. The number of esters is 1. The van der Waals surface area contributed by atoms with Gasteiger partial charge >= 0.3 is 5.97 Å². The van der Waals surface area contributed by atoms with E-state index in [9.17, 15) is 4.79 Å². The lowest BCUT2D eigenvalue weighted by Crippen LogP contribution is -2.06. The topological polar surface area (TPSA) is 65.2 Å². The number of nitrogens with zero attached hydrogens (tertiary/aromatic N) is 2. The Morgan fingerprint density at radius 3 is 2.82 bits per heavy atom. The molecule has 1 aromatic heterocycles. The second-order valence-electron chi connectivity index (χ2n) is 5.42. The predicted molar refractivity (Wildman–Crippen MR) is 79.5 cm³/mol. The molecule has 0 spiro atoms. The van der Waals surface area contributed by atoms with Gasteiger partial charge in [-0.25, -0.2) is 4.79 Å². The summed E-state index contributed by atoms with van der Waals surface area (Å²) >= 11 is 0. The Bertz CT molecular complexity index is 872. The van der Waals surface area contributed by atoms with E-state index >= 15 is 0 Å². The highest BCUT2D eigenvalue weighted by Gasteiger charge is 2.19. The van der Waals surface area contributed by atoms with E-state index in [2.05, 4.69) is 16.2 Å². The number of hydrogen-bond donors (Lipinski definition) is 0. The summed E-state index contributed by atoms with van der Waals surface area (Å²) in [7, 11) is 0. The van der Waals surface area contributed by atoms with Gasteiger partial charge in [0.15, 0.2) is 12.4 Å². The predicted octanol–water partition coefficient (Wildman–Crippen LogP) is 2.99. The Morgan fingerprint density at radius 2 is 2.05 bits per heavy atom. The van der Waals surface area contributed by atoms with Gasteiger partial charge in [-0.05, 0) is 47.7 Å². The fraction of sp³-hybridized carbons (Fsp3) is 0.235. The molecule has 110 valence electrons. The number of hydrogen-bond acceptors (Lipinski definition) is 5. The molecule has 0 aliphatic heterocycles. The van der Waals surface area contributed by atoms with Crippen molar-refractivity contribution in [2.24, 2.45) is 0 Å². The number of aryl methyl sites for hydroxylation is 3. The summed E-state index contributed by atoms with van der Waals surface area (Å²) in [5.74, 6) is 0.458. The minimum atomic E-state index is -0.369. The monoisotopic (exact) mass is 294 g/mol. The Labute approximate surface area is 126 Å². The van der Waals surface area contributed by atoms with Crippen molar-refractivity contribution in [1.82, 2.24) is 10.1 Å². The number of carbonyl (C=O) groups is 1. The zero-order chi connectivity index (χ0) is 15.1. The van der Waals surface area contributed by atoms with Gasteiger partial charge in [-0.1, -0.05) is 29.4 Å². The summed E-state index contributed by atoms with van der Waals surface area (Å²) in [5, 5.41) is 5.83. The van der Waals surface area contributed by atoms with Crippen LogP contribution < -0.4 is 0 Å². The summed E-state index contributed by atoms with van der Waals surface area (Å²) in [5.41, 5.74) is 3.18. The van der Waals surface area contributed by atoms with Crippen molar-refractivity contribution in [1.29, 1.82) is 0 Å². The van der Waals surface area contributed by atoms with Crippen molar-refractivity contribution in [2.45, 2.75) is 26.4 Å². The molecule has 2 aromatic carbocycles. The van der Waals surface area contributed by atoms with Crippen LogP contribution in [0.4, 0.5) is 0 Å². The lowest BCUT2D eigenvalue weighted by Gasteiger charge is -2.08. The first kappa shape index (κ1) is 13.0. The van der Waals surface area contributed by atoms with Crippen LogP contribution >= 0.6 is 0 Å². The zero-order valence-corrected chi connectivity index (χ0v) is 12.1. The van der Waals surface area contributed by atoms with E-state index in [0.717, 1.165) is 18.2 Å². The molecule has 1 aliphatic rings. The Balaban J connectivity index is 1.65. The van der Waals surface area contributed by atoms with Gasteiger partial charge in [0.1, 0.15) is 0 Å². The van der Waals surface area contributed by atoms with Crippen LogP contribution in [-0.2, 0) is 24.2 Å². The first-order valence-corrected chi connectivity index (χ1v) is 7.22. The smallest absolute Gasteiger partial charge is 0.339 e. The van der Waals surface area contributed by atoms with Gasteiger partial charge < -0.3 is 9.26 Å². The third kappa shape index (κ3) is 2.06. The maximum Gasteiger partial charge on any atom is 0.339 e. The molecule has 5 nitrogen and oxygen atoms in total. The van der Waals surface area contributed by atoms with E-state index in [1.165, 1.54) is 16.5 Å². The maximum atomic E-state index is 12.4. The fourth-order valence-corrected chi connectivity index (χ4v) is 3.03. The molecule has 3 aromatic rings. The van der Waals surface area contributed by atoms with Crippen molar-refractivity contribution in [3.8, 4) is 0 Å². The molecule has 0 fully saturated rings. The van der Waals surface area contributed by atoms with Gasteiger partial charge in [-0.3, -0.25) is 0 Å². The summed E-state index contributed by atoms with van der Waals surface area (Å²) < 4.78 is 10.2. The van der Waals surface area contributed by atoms with Gasteiger partial charge in [-0.2, -0.15) is 4.98 Å². The second-order valence-corrected chi connectivity index (χ2v) is 5.42. The number of rotatable bonds is 3. The van der Waals surface area contributed by atoms with Gasteiger partial charge in [0.2, 0.25) is 0 Å². The minimum absolute atomic E-state index is 0.0113. The van der Waals surface area contributed by atoms with Crippen LogP contribution in [0.3, 0.4) is 0 Å². The van der Waals surface area contributed by atoms with Crippen molar-refractivity contribution in [2.75, 3.05) is 0 Å². The maximum absolute atomic E-state index is 12.4. The molecule has 5 heteroatoms. The largest absolute Gasteiger partial charge is 0.452 e. The molecule has 0 saturated carbocycles. The first-order valence-electron chi connectivity index (χ1n) is 7.22. The summed E-state index contributed by atoms with van der Waals surface area (Å²) in [6.45, 7) is 1.71. The molecule has 4 rings (SSSR count). The van der Waals surface area contributed by atoms with Crippen molar-refractivity contribution in [3.63, 3.8) is 0 Å². The number of ether oxygens (including phenoxy) is 1. The molecule has 0 bridgehead atoms. The molecule has 0 N–H and O–H groups in total. The van der Waals surface area contributed by atoms with E-state index in [1.807, 2.05) is 24.3 Å². The van der Waals surface area contributed by atoms with Crippen molar-refractivity contribution >= 4 is 16.7 Å². The minimum Gasteiger partial charge on any atom is -0.452 e. The first-order chi connectivity index (χ1) is 10.7. The van der Waals surface area contributed by atoms with E-state index in [0.29, 0.717) is 17.3 Å². The third-order valence-electron chi connectivity index (χ3n) is 3.99. The van der Waals surface area contributed by atoms with Gasteiger partial charge in [0, 0.05) is 0 Å². The van der Waals surface area contributed by atoms with E-state index in [1.54, 1.807) is 6.92 Å². The van der Waals surface area contributed by atoms with Crippen molar-refractivity contribution < 1.29 is 14.1 Å². The van der Waals surface area contributed by atoms with Crippen molar-refractivity contribution in [3.05, 3.63) is 58.7 Å². The fourth-order valence-electron chi connectivity index (χ4n) is 3.03. The van der Waals surface area contributed by atoms with Crippen LogP contribution in [0, 0.1) is 6.92 Å². The van der Waals surface area contributed by atoms with Crippen LogP contribution in [0.2, 0.25) is 0 Å². The molecule has 0 saturated heterocycles. The number of aromatic nitrogens is 2. The van der Waals surface area contributed by atoms with Crippen LogP contribution in [0.15, 0.2) is 34.9 Å². The molecule has 1 heterocycles. The van der Waals surface area contributed by atoms with Crippen LogP contribution in [0.1, 0.15) is 33.2 Å². The van der Waals surface area contributed by atoms with E-state index < -0.39 is 0 Å². The highest BCUT2D eigenvalue weighted by Crippen LogP contribution is 2.33. The van der Waals surface area contributed by atoms with E-state index in [4.69, 9.17) is 9.26 Å². The third-order valence-corrected chi connectivity index (χ3v) is 3.99. The Morgan fingerprint density at radius 1 is 1.23 bits per heavy atom. The van der Waals surface area contributed by atoms with Gasteiger partial charge in [0.25, 0.3) is 5.89 Å². The lowest BCUT2D eigenvalue weighted by atomic mass is 10.00. The normalized spacial score (nSPS) is 12.8. The molecule has 22 heavy (non-hydrogen) atoms. The van der Waals surface area contributed by atoms with Gasteiger partial charge in [-0.15, -0.1) is 0 Å². The standard InChI is InChI=1S/C17H14N2O3/c1-10-18-15(22-19-10)9-21-17(20)14-8-7-12-6-5-11-3-2-4-13(14)16(11)12/h2-4,7-8H,5-6,9H2,1H3. The molecular weight excluding hydrogens is 280 g/mol. The van der Waals surface area contributed by atoms with Crippen LogP contribution in [0.25, 0.3) is 10.8 Å². The second kappa shape index (κ2) is 4.94. The van der Waals surface area contributed by atoms with Crippen LogP contribution in [0.5, 0.6) is 0 Å². The summed E-state index contributed by atoms with van der Waals surface area (Å²) in [6, 6.07) is 9.95. The quantitative estimate of drug-likeness (QED) is 0.695. The molecule has 0 unspecified atom stereocenters. The Hall–Kier alpha value is -2.69. The highest BCUT2D eigenvalue weighted by molar-refractivity contribution is 6.07. The lowest BCUT2D eigenvalue weighted by molar-refractivity contribution is 0.0432. The average Bonchev–Trinajstić information content (AvgIpc) is 3.13.